The lowest BCUT2D eigenvalue weighted by Crippen LogP contribution is -2.37. The predicted octanol–water partition coefficient (Wildman–Crippen LogP) is 2.33. The van der Waals surface area contributed by atoms with Gasteiger partial charge in [0.15, 0.2) is 5.79 Å². The van der Waals surface area contributed by atoms with Gasteiger partial charge in [0, 0.05) is 25.2 Å². The summed E-state index contributed by atoms with van der Waals surface area (Å²) in [6.07, 6.45) is 8.99. The highest BCUT2D eigenvalue weighted by Crippen LogP contribution is 2.36. The van der Waals surface area contributed by atoms with E-state index in [1.807, 2.05) is 12.3 Å². The molecule has 1 aromatic rings. The Kier molecular flexibility index (Phi) is 4.11. The highest BCUT2D eigenvalue weighted by Gasteiger charge is 2.40. The second kappa shape index (κ2) is 5.99. The Morgan fingerprint density at radius 3 is 2.74 bits per heavy atom. The minimum Gasteiger partial charge on any atom is -0.378 e. The largest absolute Gasteiger partial charge is 0.378 e. The van der Waals surface area contributed by atoms with E-state index in [9.17, 15) is 0 Å². The molecule has 3 rings (SSSR count). The van der Waals surface area contributed by atoms with Crippen LogP contribution in [0.25, 0.3) is 0 Å². The molecular weight excluding hydrogens is 242 g/mol. The molecule has 1 aliphatic heterocycles. The summed E-state index contributed by atoms with van der Waals surface area (Å²) in [6.45, 7) is 2.25. The predicted molar refractivity (Wildman–Crippen MR) is 70.8 cm³/mol. The van der Waals surface area contributed by atoms with Crippen LogP contribution in [0.15, 0.2) is 24.5 Å². The number of hydrogen-bond donors (Lipinski definition) is 0. The van der Waals surface area contributed by atoms with Crippen LogP contribution in [0.2, 0.25) is 0 Å². The summed E-state index contributed by atoms with van der Waals surface area (Å²) in [5.41, 5.74) is 1.23. The molecule has 0 atom stereocenters. The molecule has 1 saturated heterocycles. The molecule has 4 nitrogen and oxygen atoms in total. The molecule has 0 amide bonds. The lowest BCUT2D eigenvalue weighted by atomic mass is 9.92. The van der Waals surface area contributed by atoms with Crippen LogP contribution < -0.4 is 0 Å². The summed E-state index contributed by atoms with van der Waals surface area (Å²) < 4.78 is 17.4. The maximum Gasteiger partial charge on any atom is 0.168 e. The molecule has 1 aromatic heterocycles. The molecular formula is C15H21NO3. The fraction of sp³-hybridized carbons (Fsp3) is 0.667. The minimum absolute atomic E-state index is 0.275. The summed E-state index contributed by atoms with van der Waals surface area (Å²) in [5, 5.41) is 0. The fourth-order valence-electron chi connectivity index (χ4n) is 2.87. The molecule has 104 valence electrons. The zero-order valence-corrected chi connectivity index (χ0v) is 11.2. The van der Waals surface area contributed by atoms with Crippen molar-refractivity contribution < 1.29 is 14.2 Å². The monoisotopic (exact) mass is 263 g/mol. The van der Waals surface area contributed by atoms with Crippen LogP contribution in [0.3, 0.4) is 0 Å². The summed E-state index contributed by atoms with van der Waals surface area (Å²) in [4.78, 5) is 4.11. The Morgan fingerprint density at radius 1 is 1.26 bits per heavy atom. The SMILES string of the molecule is c1cncc(CCOC2CCC3(CC2)OCCO3)c1. The van der Waals surface area contributed by atoms with Crippen molar-refractivity contribution in [2.24, 2.45) is 0 Å². The van der Waals surface area contributed by atoms with E-state index in [-0.39, 0.29) is 5.79 Å². The average molecular weight is 263 g/mol. The Morgan fingerprint density at radius 2 is 2.05 bits per heavy atom. The quantitative estimate of drug-likeness (QED) is 0.836. The van der Waals surface area contributed by atoms with E-state index in [4.69, 9.17) is 14.2 Å². The van der Waals surface area contributed by atoms with Gasteiger partial charge in [-0.05, 0) is 30.9 Å². The van der Waals surface area contributed by atoms with E-state index >= 15 is 0 Å². The first-order valence-corrected chi connectivity index (χ1v) is 7.15. The van der Waals surface area contributed by atoms with E-state index in [0.717, 1.165) is 51.9 Å². The number of rotatable bonds is 4. The lowest BCUT2D eigenvalue weighted by molar-refractivity contribution is -0.191. The third kappa shape index (κ3) is 3.32. The topological polar surface area (TPSA) is 40.6 Å². The lowest BCUT2D eigenvalue weighted by Gasteiger charge is -2.35. The van der Waals surface area contributed by atoms with Crippen molar-refractivity contribution in [2.75, 3.05) is 19.8 Å². The van der Waals surface area contributed by atoms with Crippen molar-refractivity contribution in [3.05, 3.63) is 30.1 Å². The molecule has 1 spiro atoms. The van der Waals surface area contributed by atoms with Gasteiger partial charge in [0.05, 0.1) is 25.9 Å². The molecule has 0 unspecified atom stereocenters. The highest BCUT2D eigenvalue weighted by atomic mass is 16.7. The van der Waals surface area contributed by atoms with Gasteiger partial charge in [-0.2, -0.15) is 0 Å². The third-order valence-corrected chi connectivity index (χ3v) is 3.98. The first-order valence-electron chi connectivity index (χ1n) is 7.15. The van der Waals surface area contributed by atoms with Crippen molar-refractivity contribution in [2.45, 2.75) is 44.0 Å². The van der Waals surface area contributed by atoms with Crippen molar-refractivity contribution in [3.8, 4) is 0 Å². The van der Waals surface area contributed by atoms with Gasteiger partial charge in [-0.15, -0.1) is 0 Å². The Hall–Kier alpha value is -0.970. The molecule has 2 fully saturated rings. The van der Waals surface area contributed by atoms with Gasteiger partial charge in [0.2, 0.25) is 0 Å². The first-order chi connectivity index (χ1) is 9.36. The van der Waals surface area contributed by atoms with Gasteiger partial charge in [-0.1, -0.05) is 6.07 Å². The molecule has 4 heteroatoms. The van der Waals surface area contributed by atoms with Crippen molar-refractivity contribution in [3.63, 3.8) is 0 Å². The normalized spacial score (nSPS) is 22.9. The maximum absolute atomic E-state index is 5.95. The van der Waals surface area contributed by atoms with Gasteiger partial charge < -0.3 is 14.2 Å². The smallest absolute Gasteiger partial charge is 0.168 e. The Bertz CT molecular complexity index is 380. The molecule has 1 saturated carbocycles. The minimum atomic E-state index is -0.275. The van der Waals surface area contributed by atoms with Crippen LogP contribution in [-0.2, 0) is 20.6 Å². The Labute approximate surface area is 114 Å². The zero-order valence-electron chi connectivity index (χ0n) is 11.2. The second-order valence-electron chi connectivity index (χ2n) is 5.29. The average Bonchev–Trinajstić information content (AvgIpc) is 2.91. The third-order valence-electron chi connectivity index (χ3n) is 3.98. The number of aromatic nitrogens is 1. The fourth-order valence-corrected chi connectivity index (χ4v) is 2.87. The molecule has 2 heterocycles. The van der Waals surface area contributed by atoms with Crippen LogP contribution in [-0.4, -0.2) is 36.7 Å². The summed E-state index contributed by atoms with van der Waals surface area (Å²) >= 11 is 0. The molecule has 19 heavy (non-hydrogen) atoms. The second-order valence-corrected chi connectivity index (χ2v) is 5.29. The molecule has 0 radical (unpaired) electrons. The van der Waals surface area contributed by atoms with Gasteiger partial charge in [-0.25, -0.2) is 0 Å². The number of pyridine rings is 1. The van der Waals surface area contributed by atoms with Crippen LogP contribution in [0.5, 0.6) is 0 Å². The number of hydrogen-bond acceptors (Lipinski definition) is 4. The molecule has 0 bridgehead atoms. The van der Waals surface area contributed by atoms with Gasteiger partial charge in [-0.3, -0.25) is 4.98 Å². The van der Waals surface area contributed by atoms with Crippen molar-refractivity contribution >= 4 is 0 Å². The van der Waals surface area contributed by atoms with E-state index < -0.39 is 0 Å². The summed E-state index contributed by atoms with van der Waals surface area (Å²) in [5.74, 6) is -0.275. The van der Waals surface area contributed by atoms with E-state index in [2.05, 4.69) is 11.1 Å². The van der Waals surface area contributed by atoms with Crippen molar-refractivity contribution in [1.29, 1.82) is 0 Å². The maximum atomic E-state index is 5.95. The van der Waals surface area contributed by atoms with E-state index in [0.29, 0.717) is 6.10 Å². The first kappa shape index (κ1) is 13.0. The number of ether oxygens (including phenoxy) is 3. The molecule has 0 N–H and O–H groups in total. The number of nitrogens with zero attached hydrogens (tertiary/aromatic N) is 1. The highest BCUT2D eigenvalue weighted by molar-refractivity contribution is 5.08. The standard InChI is InChI=1S/C15H21NO3/c1-2-13(12-16-8-1)5-9-17-14-3-6-15(7-4-14)18-10-11-19-15/h1-2,8,12,14H,3-7,9-11H2. The summed E-state index contributed by atoms with van der Waals surface area (Å²) in [6, 6.07) is 4.06. The van der Waals surface area contributed by atoms with Gasteiger partial charge in [0.25, 0.3) is 0 Å². The van der Waals surface area contributed by atoms with Crippen LogP contribution >= 0.6 is 0 Å². The van der Waals surface area contributed by atoms with E-state index in [1.54, 1.807) is 6.20 Å². The van der Waals surface area contributed by atoms with Gasteiger partial charge >= 0.3 is 0 Å². The zero-order chi connectivity index (χ0) is 13.0. The van der Waals surface area contributed by atoms with Crippen LogP contribution in [0.1, 0.15) is 31.2 Å². The summed E-state index contributed by atoms with van der Waals surface area (Å²) in [7, 11) is 0. The van der Waals surface area contributed by atoms with Crippen LogP contribution in [0.4, 0.5) is 0 Å². The molecule has 2 aliphatic rings. The Balaban J connectivity index is 1.38. The van der Waals surface area contributed by atoms with Gasteiger partial charge in [0.1, 0.15) is 0 Å². The van der Waals surface area contributed by atoms with Crippen LogP contribution in [0, 0.1) is 0 Å². The van der Waals surface area contributed by atoms with E-state index in [1.165, 1.54) is 5.56 Å². The molecule has 0 aromatic carbocycles. The van der Waals surface area contributed by atoms with Crippen molar-refractivity contribution in [1.82, 2.24) is 4.98 Å². The molecule has 1 aliphatic carbocycles.